The first-order valence-corrected chi connectivity index (χ1v) is 5.28. The summed E-state index contributed by atoms with van der Waals surface area (Å²) < 4.78 is 0. The maximum absolute atomic E-state index is 11.5. The standard InChI is InChI=1S/C14H16O/c1-2-3-4-8-11-14(15)12-13-9-6-5-7-10-13/h5-7,9-10H,4,8,11-12H2,1H3. The minimum Gasteiger partial charge on any atom is -0.299 e. The van der Waals surface area contributed by atoms with Crippen molar-refractivity contribution in [3.63, 3.8) is 0 Å². The molecule has 0 heterocycles. The summed E-state index contributed by atoms with van der Waals surface area (Å²) >= 11 is 0. The van der Waals surface area contributed by atoms with Gasteiger partial charge in [-0.15, -0.1) is 11.8 Å². The Kier molecular flexibility index (Phi) is 5.25. The van der Waals surface area contributed by atoms with E-state index in [1.165, 1.54) is 0 Å². The molecule has 0 amide bonds. The fourth-order valence-corrected chi connectivity index (χ4v) is 1.41. The van der Waals surface area contributed by atoms with Crippen molar-refractivity contribution in [1.82, 2.24) is 0 Å². The molecule has 0 N–H and O–H groups in total. The predicted octanol–water partition coefficient (Wildman–Crippen LogP) is 2.99. The van der Waals surface area contributed by atoms with Gasteiger partial charge in [-0.3, -0.25) is 4.79 Å². The van der Waals surface area contributed by atoms with Crippen LogP contribution in [0.2, 0.25) is 0 Å². The zero-order valence-electron chi connectivity index (χ0n) is 9.12. The van der Waals surface area contributed by atoms with Gasteiger partial charge in [-0.05, 0) is 18.9 Å². The average Bonchev–Trinajstić information content (AvgIpc) is 2.26. The van der Waals surface area contributed by atoms with Gasteiger partial charge in [0, 0.05) is 19.3 Å². The lowest BCUT2D eigenvalue weighted by atomic mass is 10.1. The molecule has 0 spiro atoms. The number of rotatable bonds is 5. The molecule has 0 radical (unpaired) electrons. The summed E-state index contributed by atoms with van der Waals surface area (Å²) in [5, 5.41) is 0. The molecule has 1 nitrogen and oxygen atoms in total. The van der Waals surface area contributed by atoms with Gasteiger partial charge in [0.25, 0.3) is 0 Å². The molecule has 0 saturated carbocycles. The van der Waals surface area contributed by atoms with Crippen LogP contribution in [0.25, 0.3) is 0 Å². The highest BCUT2D eigenvalue weighted by Gasteiger charge is 2.02. The third kappa shape index (κ3) is 5.02. The lowest BCUT2D eigenvalue weighted by Crippen LogP contribution is -2.01. The topological polar surface area (TPSA) is 17.1 Å². The molecule has 1 aromatic carbocycles. The lowest BCUT2D eigenvalue weighted by Gasteiger charge is -1.99. The Morgan fingerprint density at radius 3 is 2.67 bits per heavy atom. The highest BCUT2D eigenvalue weighted by atomic mass is 16.1. The van der Waals surface area contributed by atoms with Gasteiger partial charge < -0.3 is 0 Å². The first-order valence-electron chi connectivity index (χ1n) is 5.28. The van der Waals surface area contributed by atoms with Crippen molar-refractivity contribution in [2.45, 2.75) is 32.6 Å². The average molecular weight is 200 g/mol. The minimum atomic E-state index is 0.305. The van der Waals surface area contributed by atoms with Crippen molar-refractivity contribution in [3.05, 3.63) is 35.9 Å². The van der Waals surface area contributed by atoms with Crippen LogP contribution in [0.4, 0.5) is 0 Å². The predicted molar refractivity (Wildman–Crippen MR) is 62.5 cm³/mol. The zero-order chi connectivity index (χ0) is 10.9. The van der Waals surface area contributed by atoms with E-state index in [2.05, 4.69) is 11.8 Å². The summed E-state index contributed by atoms with van der Waals surface area (Å²) in [5.74, 6) is 6.10. The smallest absolute Gasteiger partial charge is 0.137 e. The molecule has 15 heavy (non-hydrogen) atoms. The second kappa shape index (κ2) is 6.84. The summed E-state index contributed by atoms with van der Waals surface area (Å²) in [5.41, 5.74) is 1.10. The number of carbonyl (C=O) groups is 1. The number of carbonyl (C=O) groups excluding carboxylic acids is 1. The van der Waals surface area contributed by atoms with Gasteiger partial charge in [0.1, 0.15) is 5.78 Å². The Morgan fingerprint density at radius 1 is 1.27 bits per heavy atom. The number of hydrogen-bond donors (Lipinski definition) is 0. The van der Waals surface area contributed by atoms with E-state index >= 15 is 0 Å². The summed E-state index contributed by atoms with van der Waals surface area (Å²) in [6, 6.07) is 9.87. The largest absolute Gasteiger partial charge is 0.299 e. The van der Waals surface area contributed by atoms with Crippen LogP contribution in [0.15, 0.2) is 30.3 Å². The maximum atomic E-state index is 11.5. The van der Waals surface area contributed by atoms with Crippen LogP contribution in [0, 0.1) is 11.8 Å². The first kappa shape index (κ1) is 11.5. The van der Waals surface area contributed by atoms with Crippen molar-refractivity contribution in [2.24, 2.45) is 0 Å². The van der Waals surface area contributed by atoms with Gasteiger partial charge in [-0.2, -0.15) is 0 Å². The molecule has 0 fully saturated rings. The van der Waals surface area contributed by atoms with Crippen molar-refractivity contribution in [2.75, 3.05) is 0 Å². The molecule has 0 saturated heterocycles. The summed E-state index contributed by atoms with van der Waals surface area (Å²) in [6.45, 7) is 1.83. The molecule has 0 aliphatic carbocycles. The molecule has 0 aromatic heterocycles. The summed E-state index contributed by atoms with van der Waals surface area (Å²) in [6.07, 6.45) is 2.91. The molecule has 78 valence electrons. The van der Waals surface area contributed by atoms with E-state index in [-0.39, 0.29) is 0 Å². The van der Waals surface area contributed by atoms with E-state index in [0.717, 1.165) is 18.4 Å². The van der Waals surface area contributed by atoms with E-state index < -0.39 is 0 Å². The molecule has 0 bridgehead atoms. The fraction of sp³-hybridized carbons (Fsp3) is 0.357. The molecule has 1 aromatic rings. The Labute approximate surface area is 91.5 Å². The quantitative estimate of drug-likeness (QED) is 0.527. The number of unbranched alkanes of at least 4 members (excludes halogenated alkanes) is 1. The van der Waals surface area contributed by atoms with E-state index in [4.69, 9.17) is 0 Å². The molecule has 0 aliphatic rings. The van der Waals surface area contributed by atoms with E-state index in [0.29, 0.717) is 18.6 Å². The van der Waals surface area contributed by atoms with Gasteiger partial charge in [-0.25, -0.2) is 0 Å². The zero-order valence-corrected chi connectivity index (χ0v) is 9.12. The molecule has 1 heteroatoms. The Bertz CT molecular complexity index is 354. The molecule has 0 unspecified atom stereocenters. The maximum Gasteiger partial charge on any atom is 0.137 e. The molecule has 1 rings (SSSR count). The van der Waals surface area contributed by atoms with Crippen LogP contribution in [0.5, 0.6) is 0 Å². The number of Topliss-reactive ketones (excluding diaryl/α,β-unsaturated/α-hetero) is 1. The van der Waals surface area contributed by atoms with E-state index in [1.54, 1.807) is 0 Å². The Balaban J connectivity index is 2.27. The van der Waals surface area contributed by atoms with Crippen molar-refractivity contribution < 1.29 is 4.79 Å². The van der Waals surface area contributed by atoms with Crippen LogP contribution < -0.4 is 0 Å². The minimum absolute atomic E-state index is 0.305. The first-order chi connectivity index (χ1) is 7.33. The van der Waals surface area contributed by atoms with Gasteiger partial charge in [0.05, 0.1) is 0 Å². The van der Waals surface area contributed by atoms with Gasteiger partial charge >= 0.3 is 0 Å². The molecule has 0 atom stereocenters. The molecule has 0 aliphatic heterocycles. The molecular weight excluding hydrogens is 184 g/mol. The number of benzene rings is 1. The van der Waals surface area contributed by atoms with Crippen LogP contribution in [0.1, 0.15) is 31.7 Å². The Hall–Kier alpha value is -1.55. The normalized spacial score (nSPS) is 9.13. The number of ketones is 1. The second-order valence-electron chi connectivity index (χ2n) is 3.48. The third-order valence-corrected chi connectivity index (χ3v) is 2.18. The van der Waals surface area contributed by atoms with E-state index in [1.807, 2.05) is 37.3 Å². The second-order valence-corrected chi connectivity index (χ2v) is 3.48. The van der Waals surface area contributed by atoms with Gasteiger partial charge in [0.2, 0.25) is 0 Å². The monoisotopic (exact) mass is 200 g/mol. The van der Waals surface area contributed by atoms with Crippen molar-refractivity contribution in [3.8, 4) is 11.8 Å². The third-order valence-electron chi connectivity index (χ3n) is 2.18. The lowest BCUT2D eigenvalue weighted by molar-refractivity contribution is -0.118. The van der Waals surface area contributed by atoms with E-state index in [9.17, 15) is 4.79 Å². The van der Waals surface area contributed by atoms with Crippen LogP contribution in [-0.4, -0.2) is 5.78 Å². The summed E-state index contributed by atoms with van der Waals surface area (Å²) in [4.78, 5) is 11.5. The van der Waals surface area contributed by atoms with Crippen LogP contribution in [-0.2, 0) is 11.2 Å². The molecular formula is C14H16O. The van der Waals surface area contributed by atoms with Crippen LogP contribution >= 0.6 is 0 Å². The highest BCUT2D eigenvalue weighted by molar-refractivity contribution is 5.80. The fourth-order valence-electron chi connectivity index (χ4n) is 1.41. The van der Waals surface area contributed by atoms with Gasteiger partial charge in [0.15, 0.2) is 0 Å². The van der Waals surface area contributed by atoms with Gasteiger partial charge in [-0.1, -0.05) is 30.3 Å². The number of hydrogen-bond acceptors (Lipinski definition) is 1. The van der Waals surface area contributed by atoms with Crippen molar-refractivity contribution in [1.29, 1.82) is 0 Å². The highest BCUT2D eigenvalue weighted by Crippen LogP contribution is 2.04. The Morgan fingerprint density at radius 2 is 2.00 bits per heavy atom. The summed E-state index contributed by atoms with van der Waals surface area (Å²) in [7, 11) is 0. The van der Waals surface area contributed by atoms with Crippen molar-refractivity contribution >= 4 is 5.78 Å². The van der Waals surface area contributed by atoms with Crippen LogP contribution in [0.3, 0.4) is 0 Å². The SMILES string of the molecule is CC#CCCCC(=O)Cc1ccccc1.